The molecule has 0 saturated heterocycles. The highest BCUT2D eigenvalue weighted by Gasteiger charge is 2.04. The molecule has 0 aliphatic rings. The van der Waals surface area contributed by atoms with Gasteiger partial charge < -0.3 is 9.47 Å². The summed E-state index contributed by atoms with van der Waals surface area (Å²) in [6.07, 6.45) is 0.409. The van der Waals surface area contributed by atoms with E-state index in [1.54, 1.807) is 26.2 Å². The van der Waals surface area contributed by atoms with Gasteiger partial charge in [0.1, 0.15) is 11.4 Å². The average Bonchev–Trinajstić information content (AvgIpc) is 2.37. The first kappa shape index (κ1) is 11.5. The topological polar surface area (TPSA) is 48.4 Å². The molecule has 17 heavy (non-hydrogen) atoms. The largest absolute Gasteiger partial charge is 0.465 e. The minimum absolute atomic E-state index is 0.318. The molecule has 4 nitrogen and oxygen atoms in total. The van der Waals surface area contributed by atoms with Crippen molar-refractivity contribution in [2.75, 3.05) is 7.11 Å². The van der Waals surface area contributed by atoms with E-state index in [2.05, 4.69) is 4.98 Å². The van der Waals surface area contributed by atoms with E-state index in [4.69, 9.17) is 9.47 Å². The van der Waals surface area contributed by atoms with E-state index in [0.717, 1.165) is 17.2 Å². The quantitative estimate of drug-likeness (QED) is 0.599. The highest BCUT2D eigenvalue weighted by molar-refractivity contribution is 5.84. The Bertz CT molecular complexity index is 539. The lowest BCUT2D eigenvalue weighted by Gasteiger charge is -2.12. The number of benzene rings is 1. The second-order valence-electron chi connectivity index (χ2n) is 3.63. The first-order valence-corrected chi connectivity index (χ1v) is 5.28. The van der Waals surface area contributed by atoms with Crippen molar-refractivity contribution < 1.29 is 14.3 Å². The standard InChI is InChI=1S/C13H13NO3/c1-9(16-2)17-12-6-4-10-3-5-11(8-15)14-13(10)7-12/h3-9H,1-2H3. The van der Waals surface area contributed by atoms with Crippen LogP contribution in [0, 0.1) is 0 Å². The number of carbonyl (C=O) groups is 1. The number of hydrogen-bond acceptors (Lipinski definition) is 4. The fourth-order valence-electron chi connectivity index (χ4n) is 1.49. The normalized spacial score (nSPS) is 12.4. The number of pyridine rings is 1. The van der Waals surface area contributed by atoms with Gasteiger partial charge in [-0.25, -0.2) is 4.98 Å². The predicted molar refractivity (Wildman–Crippen MR) is 64.2 cm³/mol. The maximum Gasteiger partial charge on any atom is 0.196 e. The molecule has 0 saturated carbocycles. The summed E-state index contributed by atoms with van der Waals surface area (Å²) < 4.78 is 10.5. The number of aldehydes is 1. The van der Waals surface area contributed by atoms with Crippen molar-refractivity contribution in [3.63, 3.8) is 0 Å². The minimum Gasteiger partial charge on any atom is -0.465 e. The SMILES string of the molecule is COC(C)Oc1ccc2ccc(C=O)nc2c1. The van der Waals surface area contributed by atoms with Crippen molar-refractivity contribution in [1.82, 2.24) is 4.98 Å². The molecule has 0 fully saturated rings. The van der Waals surface area contributed by atoms with Crippen molar-refractivity contribution in [3.05, 3.63) is 36.0 Å². The third kappa shape index (κ3) is 2.60. The second kappa shape index (κ2) is 4.93. The zero-order valence-electron chi connectivity index (χ0n) is 9.71. The molecule has 88 valence electrons. The number of carbonyl (C=O) groups excluding carboxylic acids is 1. The van der Waals surface area contributed by atoms with E-state index >= 15 is 0 Å². The average molecular weight is 231 g/mol. The molecular formula is C13H13NO3. The Kier molecular flexibility index (Phi) is 3.35. The summed E-state index contributed by atoms with van der Waals surface area (Å²) in [6.45, 7) is 1.81. The third-order valence-electron chi connectivity index (χ3n) is 2.44. The Labute approximate surface area is 99.2 Å². The van der Waals surface area contributed by atoms with Crippen LogP contribution in [0.5, 0.6) is 5.75 Å². The minimum atomic E-state index is -0.318. The molecule has 1 aromatic heterocycles. The summed E-state index contributed by atoms with van der Waals surface area (Å²) in [7, 11) is 1.58. The molecule has 1 heterocycles. The van der Waals surface area contributed by atoms with Gasteiger partial charge in [0.25, 0.3) is 0 Å². The van der Waals surface area contributed by atoms with Gasteiger partial charge in [-0.2, -0.15) is 0 Å². The summed E-state index contributed by atoms with van der Waals surface area (Å²) in [5.41, 5.74) is 1.14. The number of rotatable bonds is 4. The van der Waals surface area contributed by atoms with Gasteiger partial charge in [-0.3, -0.25) is 4.79 Å². The molecule has 0 N–H and O–H groups in total. The number of hydrogen-bond donors (Lipinski definition) is 0. The number of aromatic nitrogens is 1. The first-order chi connectivity index (χ1) is 8.22. The van der Waals surface area contributed by atoms with E-state index in [0.29, 0.717) is 11.4 Å². The molecule has 2 rings (SSSR count). The molecule has 1 atom stereocenters. The number of methoxy groups -OCH3 is 1. The van der Waals surface area contributed by atoms with Gasteiger partial charge in [-0.15, -0.1) is 0 Å². The lowest BCUT2D eigenvalue weighted by atomic mass is 10.2. The summed E-state index contributed by atoms with van der Waals surface area (Å²) in [4.78, 5) is 14.8. The third-order valence-corrected chi connectivity index (χ3v) is 2.44. The van der Waals surface area contributed by atoms with Crippen LogP contribution in [0.25, 0.3) is 10.9 Å². The maximum atomic E-state index is 10.6. The van der Waals surface area contributed by atoms with Crippen LogP contribution >= 0.6 is 0 Å². The van der Waals surface area contributed by atoms with Crippen molar-refractivity contribution in [3.8, 4) is 5.75 Å². The molecule has 2 aromatic rings. The summed E-state index contributed by atoms with van der Waals surface area (Å²) in [5.74, 6) is 0.669. The van der Waals surface area contributed by atoms with Gasteiger partial charge >= 0.3 is 0 Å². The molecule has 0 aliphatic heterocycles. The Morgan fingerprint density at radius 1 is 1.29 bits per heavy atom. The zero-order chi connectivity index (χ0) is 12.3. The van der Waals surface area contributed by atoms with E-state index in [9.17, 15) is 4.79 Å². The van der Waals surface area contributed by atoms with Gasteiger partial charge in [0.15, 0.2) is 12.6 Å². The molecule has 0 amide bonds. The molecular weight excluding hydrogens is 218 g/mol. The van der Waals surface area contributed by atoms with Crippen molar-refractivity contribution in [2.45, 2.75) is 13.2 Å². The monoisotopic (exact) mass is 231 g/mol. The van der Waals surface area contributed by atoms with Crippen LogP contribution in [-0.4, -0.2) is 24.7 Å². The number of ether oxygens (including phenoxy) is 2. The van der Waals surface area contributed by atoms with Crippen LogP contribution in [0.3, 0.4) is 0 Å². The van der Waals surface area contributed by atoms with Gasteiger partial charge in [-0.1, -0.05) is 6.07 Å². The van der Waals surface area contributed by atoms with Gasteiger partial charge in [0, 0.05) is 18.6 Å². The van der Waals surface area contributed by atoms with Crippen molar-refractivity contribution >= 4 is 17.2 Å². The number of nitrogens with zero attached hydrogens (tertiary/aromatic N) is 1. The summed E-state index contributed by atoms with van der Waals surface area (Å²) >= 11 is 0. The van der Waals surface area contributed by atoms with Crippen LogP contribution in [0.1, 0.15) is 17.4 Å². The zero-order valence-corrected chi connectivity index (χ0v) is 9.71. The van der Waals surface area contributed by atoms with Crippen LogP contribution in [0.2, 0.25) is 0 Å². The smallest absolute Gasteiger partial charge is 0.196 e. The van der Waals surface area contributed by atoms with Crippen LogP contribution in [0.4, 0.5) is 0 Å². The molecule has 0 spiro atoms. The first-order valence-electron chi connectivity index (χ1n) is 5.28. The van der Waals surface area contributed by atoms with Crippen LogP contribution in [-0.2, 0) is 4.74 Å². The Hall–Kier alpha value is -1.94. The highest BCUT2D eigenvalue weighted by Crippen LogP contribution is 2.20. The van der Waals surface area contributed by atoms with Gasteiger partial charge in [0.2, 0.25) is 0 Å². The van der Waals surface area contributed by atoms with Crippen molar-refractivity contribution in [1.29, 1.82) is 0 Å². The summed E-state index contributed by atoms with van der Waals surface area (Å²) in [5, 5.41) is 0.966. The Morgan fingerprint density at radius 2 is 2.06 bits per heavy atom. The molecule has 0 aliphatic carbocycles. The highest BCUT2D eigenvalue weighted by atomic mass is 16.7. The lowest BCUT2D eigenvalue weighted by molar-refractivity contribution is -0.0382. The lowest BCUT2D eigenvalue weighted by Crippen LogP contribution is -2.13. The fraction of sp³-hybridized carbons (Fsp3) is 0.231. The van der Waals surface area contributed by atoms with Crippen molar-refractivity contribution in [2.24, 2.45) is 0 Å². The van der Waals surface area contributed by atoms with Gasteiger partial charge in [0.05, 0.1) is 5.52 Å². The molecule has 4 heteroatoms. The van der Waals surface area contributed by atoms with E-state index in [1.165, 1.54) is 0 Å². The van der Waals surface area contributed by atoms with E-state index in [1.807, 2.05) is 18.2 Å². The molecule has 1 unspecified atom stereocenters. The van der Waals surface area contributed by atoms with Crippen LogP contribution < -0.4 is 4.74 Å². The fourth-order valence-corrected chi connectivity index (χ4v) is 1.49. The predicted octanol–water partition coefficient (Wildman–Crippen LogP) is 2.42. The molecule has 0 bridgehead atoms. The van der Waals surface area contributed by atoms with Crippen LogP contribution in [0.15, 0.2) is 30.3 Å². The number of fused-ring (bicyclic) bond motifs is 1. The van der Waals surface area contributed by atoms with E-state index in [-0.39, 0.29) is 6.29 Å². The summed E-state index contributed by atoms with van der Waals surface area (Å²) in [6, 6.07) is 9.08. The maximum absolute atomic E-state index is 10.6. The molecule has 1 aromatic carbocycles. The Balaban J connectivity index is 2.37. The van der Waals surface area contributed by atoms with E-state index < -0.39 is 0 Å². The molecule has 0 radical (unpaired) electrons. The van der Waals surface area contributed by atoms with Gasteiger partial charge in [-0.05, 0) is 25.1 Å². The Morgan fingerprint density at radius 3 is 2.76 bits per heavy atom. The second-order valence-corrected chi connectivity index (χ2v) is 3.63.